The van der Waals surface area contributed by atoms with Gasteiger partial charge < -0.3 is 4.57 Å². The van der Waals surface area contributed by atoms with Crippen molar-refractivity contribution in [2.24, 2.45) is 0 Å². The van der Waals surface area contributed by atoms with E-state index in [4.69, 9.17) is 0 Å². The van der Waals surface area contributed by atoms with E-state index in [1.807, 2.05) is 18.2 Å². The predicted molar refractivity (Wildman–Crippen MR) is 101 cm³/mol. The molecule has 0 aliphatic rings. The van der Waals surface area contributed by atoms with E-state index in [1.54, 1.807) is 72.8 Å². The van der Waals surface area contributed by atoms with Gasteiger partial charge in [0, 0.05) is 16.2 Å². The Morgan fingerprint density at radius 3 is 1.71 bits per heavy atom. The molecule has 0 fully saturated rings. The van der Waals surface area contributed by atoms with Crippen LogP contribution in [0.25, 0.3) is 6.08 Å². The summed E-state index contributed by atoms with van der Waals surface area (Å²) in [5.74, 6) is 0. The van der Waals surface area contributed by atoms with Gasteiger partial charge >= 0.3 is 0 Å². The smallest absolute Gasteiger partial charge is 0.230 e. The topological polar surface area (TPSA) is 34.1 Å². The maximum atomic E-state index is 14.0. The molecule has 2 nitrogen and oxygen atoms in total. The minimum Gasteiger partial charge on any atom is -0.305 e. The summed E-state index contributed by atoms with van der Waals surface area (Å²) in [5, 5.41) is 1.08. The number of benzene rings is 3. The zero-order chi connectivity index (χ0) is 17.0. The van der Waals surface area contributed by atoms with E-state index in [0.717, 1.165) is 0 Å². The van der Waals surface area contributed by atoms with Gasteiger partial charge in [-0.15, -0.1) is 0 Å². The molecule has 0 saturated carbocycles. The van der Waals surface area contributed by atoms with E-state index in [1.165, 1.54) is 0 Å². The second-order valence-corrected chi connectivity index (χ2v) is 8.03. The van der Waals surface area contributed by atoms with Crippen LogP contribution in [0.5, 0.6) is 0 Å². The highest BCUT2D eigenvalue weighted by atomic mass is 31.2. The minimum absolute atomic E-state index is 0.365. The fourth-order valence-corrected chi connectivity index (χ4v) is 5.19. The summed E-state index contributed by atoms with van der Waals surface area (Å²) >= 11 is 0. The summed E-state index contributed by atoms with van der Waals surface area (Å²) in [4.78, 5) is 13.3. The fourth-order valence-electron chi connectivity index (χ4n) is 2.70. The molecule has 118 valence electrons. The second-order valence-electron chi connectivity index (χ2n) is 5.38. The first-order valence-corrected chi connectivity index (χ1v) is 9.36. The molecule has 24 heavy (non-hydrogen) atoms. The average Bonchev–Trinajstić information content (AvgIpc) is 2.68. The van der Waals surface area contributed by atoms with E-state index >= 15 is 0 Å². The lowest BCUT2D eigenvalue weighted by molar-refractivity contribution is 0.107. The van der Waals surface area contributed by atoms with Gasteiger partial charge in [0.25, 0.3) is 0 Å². The molecule has 0 N–H and O–H groups in total. The normalized spacial score (nSPS) is 11.0. The molecule has 0 atom stereocenters. The van der Waals surface area contributed by atoms with Gasteiger partial charge in [0.05, 0.1) is 0 Å². The standard InChI is InChI=1S/C21H17O2P/c1-2-17-11-9-10-16-20(17)21(22)24(23,18-12-5-3-6-13-18)19-14-7-4-8-15-19/h2-16H,1H2. The Labute approximate surface area is 141 Å². The molecule has 0 saturated heterocycles. The van der Waals surface area contributed by atoms with Gasteiger partial charge in [0.1, 0.15) is 0 Å². The lowest BCUT2D eigenvalue weighted by atomic mass is 10.1. The molecule has 0 aliphatic heterocycles. The quantitative estimate of drug-likeness (QED) is 0.645. The van der Waals surface area contributed by atoms with Crippen LogP contribution >= 0.6 is 7.14 Å². The van der Waals surface area contributed by atoms with Crippen molar-refractivity contribution in [2.75, 3.05) is 0 Å². The first kappa shape index (κ1) is 16.2. The Kier molecular flexibility index (Phi) is 4.59. The van der Waals surface area contributed by atoms with E-state index in [2.05, 4.69) is 6.58 Å². The molecule has 0 radical (unpaired) electrons. The van der Waals surface area contributed by atoms with Crippen LogP contribution in [0, 0.1) is 0 Å². The maximum absolute atomic E-state index is 14.0. The Bertz CT molecular complexity index is 871. The molecule has 0 amide bonds. The zero-order valence-electron chi connectivity index (χ0n) is 13.1. The third-order valence-electron chi connectivity index (χ3n) is 3.94. The molecular formula is C21H17O2P. The van der Waals surface area contributed by atoms with Gasteiger partial charge in [-0.3, -0.25) is 4.79 Å². The average molecular weight is 332 g/mol. The molecule has 3 heteroatoms. The van der Waals surface area contributed by atoms with Crippen LogP contribution in [0.2, 0.25) is 0 Å². The van der Waals surface area contributed by atoms with Crippen molar-refractivity contribution in [2.45, 2.75) is 0 Å². The second kappa shape index (κ2) is 6.82. The van der Waals surface area contributed by atoms with E-state index < -0.39 is 7.14 Å². The lowest BCUT2D eigenvalue weighted by Crippen LogP contribution is -2.23. The Hall–Kier alpha value is -2.70. The van der Waals surface area contributed by atoms with Crippen molar-refractivity contribution in [3.05, 3.63) is 103 Å². The molecule has 3 aromatic carbocycles. The van der Waals surface area contributed by atoms with Crippen molar-refractivity contribution in [1.82, 2.24) is 0 Å². The van der Waals surface area contributed by atoms with Crippen LogP contribution in [-0.4, -0.2) is 5.52 Å². The van der Waals surface area contributed by atoms with Crippen molar-refractivity contribution in [1.29, 1.82) is 0 Å². The summed E-state index contributed by atoms with van der Waals surface area (Å²) in [6.07, 6.45) is 1.62. The summed E-state index contributed by atoms with van der Waals surface area (Å²) in [6.45, 7) is 3.76. The summed E-state index contributed by atoms with van der Waals surface area (Å²) in [5.41, 5.74) is 0.758. The summed E-state index contributed by atoms with van der Waals surface area (Å²) in [7, 11) is -3.46. The Balaban J connectivity index is 2.25. The Morgan fingerprint density at radius 1 is 0.750 bits per heavy atom. The highest BCUT2D eigenvalue weighted by Gasteiger charge is 2.37. The first-order valence-electron chi connectivity index (χ1n) is 7.65. The van der Waals surface area contributed by atoms with Crippen molar-refractivity contribution in [3.8, 4) is 0 Å². The largest absolute Gasteiger partial charge is 0.305 e. The fraction of sp³-hybridized carbons (Fsp3) is 0. The molecule has 0 spiro atoms. The zero-order valence-corrected chi connectivity index (χ0v) is 14.0. The number of hydrogen-bond donors (Lipinski definition) is 0. The molecule has 3 aromatic rings. The predicted octanol–water partition coefficient (Wildman–Crippen LogP) is 4.48. The molecule has 0 aromatic heterocycles. The van der Waals surface area contributed by atoms with Gasteiger partial charge in [-0.2, -0.15) is 0 Å². The van der Waals surface area contributed by atoms with Crippen LogP contribution in [0.1, 0.15) is 15.9 Å². The molecular weight excluding hydrogens is 315 g/mol. The SMILES string of the molecule is C=Cc1ccccc1C(=O)P(=O)(c1ccccc1)c1ccccc1. The number of rotatable bonds is 5. The molecule has 0 bridgehead atoms. The lowest BCUT2D eigenvalue weighted by Gasteiger charge is -2.19. The summed E-state index contributed by atoms with van der Waals surface area (Å²) < 4.78 is 14.0. The van der Waals surface area contributed by atoms with Crippen molar-refractivity contribution in [3.63, 3.8) is 0 Å². The van der Waals surface area contributed by atoms with E-state index in [9.17, 15) is 9.36 Å². The Morgan fingerprint density at radius 2 is 1.21 bits per heavy atom. The number of carbonyl (C=O) groups excluding carboxylic acids is 1. The van der Waals surface area contributed by atoms with Crippen LogP contribution in [0.3, 0.4) is 0 Å². The minimum atomic E-state index is -3.46. The van der Waals surface area contributed by atoms with E-state index in [-0.39, 0.29) is 5.52 Å². The molecule has 0 aliphatic carbocycles. The first-order chi connectivity index (χ1) is 11.7. The van der Waals surface area contributed by atoms with Gasteiger partial charge in [0.2, 0.25) is 12.7 Å². The monoisotopic (exact) mass is 332 g/mol. The van der Waals surface area contributed by atoms with Crippen LogP contribution in [0.15, 0.2) is 91.5 Å². The van der Waals surface area contributed by atoms with Gasteiger partial charge in [0.15, 0.2) is 0 Å². The van der Waals surface area contributed by atoms with E-state index in [0.29, 0.717) is 21.7 Å². The number of hydrogen-bond acceptors (Lipinski definition) is 2. The van der Waals surface area contributed by atoms with Crippen molar-refractivity contribution < 1.29 is 9.36 Å². The van der Waals surface area contributed by atoms with Gasteiger partial charge in [-0.1, -0.05) is 97.6 Å². The highest BCUT2D eigenvalue weighted by Crippen LogP contribution is 2.47. The van der Waals surface area contributed by atoms with Gasteiger partial charge in [-0.05, 0) is 5.56 Å². The third-order valence-corrected chi connectivity index (χ3v) is 6.80. The molecule has 3 rings (SSSR count). The highest BCUT2D eigenvalue weighted by molar-refractivity contribution is 7.93. The van der Waals surface area contributed by atoms with Gasteiger partial charge in [-0.25, -0.2) is 0 Å². The molecule has 0 unspecified atom stereocenters. The maximum Gasteiger partial charge on any atom is 0.230 e. The third kappa shape index (κ3) is 2.77. The molecule has 0 heterocycles. The van der Waals surface area contributed by atoms with Crippen LogP contribution < -0.4 is 10.6 Å². The van der Waals surface area contributed by atoms with Crippen LogP contribution in [0.4, 0.5) is 0 Å². The summed E-state index contributed by atoms with van der Waals surface area (Å²) in [6, 6.07) is 25.0. The van der Waals surface area contributed by atoms with Crippen LogP contribution in [-0.2, 0) is 4.57 Å². The van der Waals surface area contributed by atoms with Crippen molar-refractivity contribution >= 4 is 29.4 Å². The number of carbonyl (C=O) groups is 1.